The minimum Gasteiger partial charge on any atom is -0.492 e. The molecule has 0 unspecified atom stereocenters. The van der Waals surface area contributed by atoms with Gasteiger partial charge in [0.2, 0.25) is 0 Å². The smallest absolute Gasteiger partial charge is 0.434 e. The molecule has 0 saturated heterocycles. The number of halogens is 3. The molecule has 0 radical (unpaired) electrons. The number of hydrogen-bond donors (Lipinski definition) is 0. The summed E-state index contributed by atoms with van der Waals surface area (Å²) < 4.78 is 58.2. The molecule has 40 heavy (non-hydrogen) atoms. The van der Waals surface area contributed by atoms with Gasteiger partial charge in [-0.15, -0.1) is 0 Å². The van der Waals surface area contributed by atoms with Crippen molar-refractivity contribution >= 4 is 14.0 Å². The lowest BCUT2D eigenvalue weighted by molar-refractivity contribution is -0.152. The summed E-state index contributed by atoms with van der Waals surface area (Å²) in [6.07, 6.45) is -1.37. The van der Waals surface area contributed by atoms with Gasteiger partial charge in [0.1, 0.15) is 24.9 Å². The highest BCUT2D eigenvalue weighted by Crippen LogP contribution is 2.33. The van der Waals surface area contributed by atoms with Gasteiger partial charge < -0.3 is 18.8 Å². The van der Waals surface area contributed by atoms with Crippen LogP contribution in [-0.2, 0) is 33.6 Å². The third-order valence-corrected chi connectivity index (χ3v) is 8.09. The fraction of sp³-hybridized carbons (Fsp3) is 0.483. The van der Waals surface area contributed by atoms with Gasteiger partial charge >= 0.3 is 12.1 Å². The Bertz CT molecular complexity index is 1300. The van der Waals surface area contributed by atoms with E-state index in [1.807, 2.05) is 19.1 Å². The lowest BCUT2D eigenvalue weighted by Crippen LogP contribution is -2.32. The van der Waals surface area contributed by atoms with Crippen LogP contribution in [0, 0.1) is 5.41 Å². The van der Waals surface area contributed by atoms with Gasteiger partial charge in [0.25, 0.3) is 0 Å². The van der Waals surface area contributed by atoms with Gasteiger partial charge in [-0.2, -0.15) is 13.2 Å². The van der Waals surface area contributed by atoms with Crippen molar-refractivity contribution in [2.45, 2.75) is 65.8 Å². The summed E-state index contributed by atoms with van der Waals surface area (Å²) in [7, 11) is 0.0117. The highest BCUT2D eigenvalue weighted by molar-refractivity contribution is 6.76. The molecule has 0 N–H and O–H groups in total. The van der Waals surface area contributed by atoms with Crippen LogP contribution < -0.4 is 4.74 Å². The van der Waals surface area contributed by atoms with E-state index in [9.17, 15) is 18.0 Å². The number of esters is 1. The average Bonchev–Trinajstić information content (AvgIpc) is 3.34. The van der Waals surface area contributed by atoms with Crippen molar-refractivity contribution in [2.75, 3.05) is 20.3 Å². The second kappa shape index (κ2) is 12.6. The fourth-order valence-electron chi connectivity index (χ4n) is 3.91. The monoisotopic (exact) mass is 577 g/mol. The SMILES string of the molecule is CCc1cc(OCC(C)(C)C(=O)OC)ccc1-c1ccc(-c2nc(C(F)(F)F)cn2COCC[Si](C)(C)C)cn1. The molecule has 0 atom stereocenters. The number of carbonyl (C=O) groups excluding carboxylic acids is 1. The summed E-state index contributed by atoms with van der Waals surface area (Å²) in [5.74, 6) is 0.405. The van der Waals surface area contributed by atoms with Gasteiger partial charge in [-0.05, 0) is 62.2 Å². The van der Waals surface area contributed by atoms with Gasteiger partial charge in [-0.3, -0.25) is 9.78 Å². The molecule has 2 heterocycles. The molecule has 0 amide bonds. The Morgan fingerprint density at radius 1 is 1.10 bits per heavy atom. The zero-order valence-electron chi connectivity index (χ0n) is 24.2. The lowest BCUT2D eigenvalue weighted by Gasteiger charge is -2.22. The van der Waals surface area contributed by atoms with Crippen molar-refractivity contribution in [3.05, 3.63) is 54.0 Å². The zero-order valence-corrected chi connectivity index (χ0v) is 25.2. The minimum atomic E-state index is -4.57. The summed E-state index contributed by atoms with van der Waals surface area (Å²) in [4.78, 5) is 20.4. The van der Waals surface area contributed by atoms with Crippen molar-refractivity contribution in [1.29, 1.82) is 0 Å². The first kappa shape index (κ1) is 31.3. The largest absolute Gasteiger partial charge is 0.492 e. The summed E-state index contributed by atoms with van der Waals surface area (Å²) in [6, 6.07) is 9.98. The molecule has 3 aromatic rings. The molecule has 0 bridgehead atoms. The van der Waals surface area contributed by atoms with Crippen LogP contribution in [0.5, 0.6) is 5.75 Å². The van der Waals surface area contributed by atoms with E-state index < -0.39 is 25.4 Å². The van der Waals surface area contributed by atoms with E-state index in [4.69, 9.17) is 14.2 Å². The Labute approximate surface area is 234 Å². The van der Waals surface area contributed by atoms with Gasteiger partial charge in [0.15, 0.2) is 5.69 Å². The minimum absolute atomic E-state index is 0.0289. The lowest BCUT2D eigenvalue weighted by atomic mass is 9.95. The average molecular weight is 578 g/mol. The molecular formula is C29H38F3N3O4Si. The van der Waals surface area contributed by atoms with Crippen molar-refractivity contribution in [3.63, 3.8) is 0 Å². The van der Waals surface area contributed by atoms with Crippen LogP contribution >= 0.6 is 0 Å². The van der Waals surface area contributed by atoms with E-state index in [1.54, 1.807) is 32.0 Å². The molecule has 0 saturated carbocycles. The molecule has 0 fully saturated rings. The Kier molecular flexibility index (Phi) is 9.84. The van der Waals surface area contributed by atoms with Crippen LogP contribution in [0.3, 0.4) is 0 Å². The highest BCUT2D eigenvalue weighted by Gasteiger charge is 2.35. The van der Waals surface area contributed by atoms with E-state index in [0.29, 0.717) is 30.0 Å². The van der Waals surface area contributed by atoms with Gasteiger partial charge in [-0.25, -0.2) is 4.98 Å². The Morgan fingerprint density at radius 3 is 2.40 bits per heavy atom. The topological polar surface area (TPSA) is 75.5 Å². The quantitative estimate of drug-likeness (QED) is 0.130. The number of benzene rings is 1. The molecule has 11 heteroatoms. The Morgan fingerprint density at radius 2 is 1.82 bits per heavy atom. The Hall–Kier alpha value is -3.18. The molecule has 0 spiro atoms. The van der Waals surface area contributed by atoms with Crippen LogP contribution in [0.4, 0.5) is 13.2 Å². The molecule has 1 aromatic carbocycles. The third kappa shape index (κ3) is 8.17. The molecule has 0 aliphatic heterocycles. The number of nitrogens with zero attached hydrogens (tertiary/aromatic N) is 3. The van der Waals surface area contributed by atoms with E-state index >= 15 is 0 Å². The number of pyridine rings is 1. The normalized spacial score (nSPS) is 12.4. The number of alkyl halides is 3. The number of rotatable bonds is 12. The van der Waals surface area contributed by atoms with Crippen molar-refractivity contribution < 1.29 is 32.2 Å². The number of carbonyl (C=O) groups is 1. The highest BCUT2D eigenvalue weighted by atomic mass is 28.3. The number of imidazole rings is 1. The molecular weight excluding hydrogens is 539 g/mol. The number of ether oxygens (including phenoxy) is 3. The van der Waals surface area contributed by atoms with Crippen LogP contribution in [-0.4, -0.2) is 48.9 Å². The van der Waals surface area contributed by atoms with Crippen LogP contribution in [0.2, 0.25) is 25.7 Å². The zero-order chi connectivity index (χ0) is 29.7. The van der Waals surface area contributed by atoms with Crippen molar-refractivity contribution in [2.24, 2.45) is 5.41 Å². The first-order valence-corrected chi connectivity index (χ1v) is 16.9. The van der Waals surface area contributed by atoms with Crippen LogP contribution in [0.1, 0.15) is 32.0 Å². The van der Waals surface area contributed by atoms with Gasteiger partial charge in [0.05, 0.1) is 18.2 Å². The maximum atomic E-state index is 13.5. The van der Waals surface area contributed by atoms with E-state index in [2.05, 4.69) is 29.6 Å². The number of aromatic nitrogens is 3. The third-order valence-electron chi connectivity index (χ3n) is 6.39. The second-order valence-electron chi connectivity index (χ2n) is 11.5. The summed E-state index contributed by atoms with van der Waals surface area (Å²) in [5.41, 5.74) is 1.21. The predicted octanol–water partition coefficient (Wildman–Crippen LogP) is 7.08. The summed E-state index contributed by atoms with van der Waals surface area (Å²) in [5, 5.41) is 0. The van der Waals surface area contributed by atoms with Gasteiger partial charge in [0, 0.05) is 38.2 Å². The molecule has 2 aromatic heterocycles. The molecule has 7 nitrogen and oxygen atoms in total. The number of aryl methyl sites for hydroxylation is 1. The first-order valence-electron chi connectivity index (χ1n) is 13.2. The fourth-order valence-corrected chi connectivity index (χ4v) is 4.67. The van der Waals surface area contributed by atoms with Crippen LogP contribution in [0.25, 0.3) is 22.6 Å². The standard InChI is InChI=1S/C29H38F3N3O4Si/c1-8-20-15-22(39-18-28(2,3)27(36)37-4)10-11-23(20)24-12-9-21(16-33-24)26-34-25(29(30,31)32)17-35(26)19-38-13-14-40(5,6)7/h9-12,15-17H,8,13-14,18-19H2,1-7H3. The Balaban J connectivity index is 1.82. The second-order valence-corrected chi connectivity index (χ2v) is 17.2. The molecule has 0 aliphatic carbocycles. The van der Waals surface area contributed by atoms with Crippen molar-refractivity contribution in [1.82, 2.24) is 14.5 Å². The maximum Gasteiger partial charge on any atom is 0.434 e. The number of hydrogen-bond acceptors (Lipinski definition) is 6. The first-order chi connectivity index (χ1) is 18.6. The summed E-state index contributed by atoms with van der Waals surface area (Å²) >= 11 is 0. The maximum absolute atomic E-state index is 13.5. The van der Waals surface area contributed by atoms with E-state index in [-0.39, 0.29) is 25.1 Å². The molecule has 3 rings (SSSR count). The number of methoxy groups -OCH3 is 1. The van der Waals surface area contributed by atoms with Crippen LogP contribution in [0.15, 0.2) is 42.7 Å². The van der Waals surface area contributed by atoms with Gasteiger partial charge in [-0.1, -0.05) is 26.6 Å². The molecule has 0 aliphatic rings. The molecule has 218 valence electrons. The van der Waals surface area contributed by atoms with E-state index in [1.165, 1.54) is 17.9 Å². The van der Waals surface area contributed by atoms with Crippen molar-refractivity contribution in [3.8, 4) is 28.4 Å². The summed E-state index contributed by atoms with van der Waals surface area (Å²) in [6.45, 7) is 12.8. The van der Waals surface area contributed by atoms with E-state index in [0.717, 1.165) is 23.4 Å². The predicted molar refractivity (Wildman–Crippen MR) is 151 cm³/mol.